The van der Waals surface area contributed by atoms with E-state index in [9.17, 15) is 9.59 Å². The average molecular weight is 297 g/mol. The van der Waals surface area contributed by atoms with Crippen LogP contribution in [0.25, 0.3) is 0 Å². The lowest BCUT2D eigenvalue weighted by Crippen LogP contribution is -2.42. The Morgan fingerprint density at radius 2 is 2.35 bits per heavy atom. The van der Waals surface area contributed by atoms with E-state index in [1.165, 1.54) is 0 Å². The monoisotopic (exact) mass is 296 g/mol. The van der Waals surface area contributed by atoms with Crippen LogP contribution in [-0.4, -0.2) is 31.5 Å². The van der Waals surface area contributed by atoms with Crippen LogP contribution < -0.4 is 15.4 Å². The second-order valence-corrected chi connectivity index (χ2v) is 5.09. The summed E-state index contributed by atoms with van der Waals surface area (Å²) in [5, 5.41) is 6.08. The van der Waals surface area contributed by atoms with E-state index in [-0.39, 0.29) is 11.8 Å². The Morgan fingerprint density at radius 3 is 3.00 bits per heavy atom. The molecule has 1 aliphatic rings. The molecule has 0 aliphatic carbocycles. The van der Waals surface area contributed by atoms with Gasteiger partial charge in [0.05, 0.1) is 7.11 Å². The van der Waals surface area contributed by atoms with Crippen LogP contribution >= 0.6 is 11.6 Å². The van der Waals surface area contributed by atoms with Crippen LogP contribution in [0.2, 0.25) is 5.02 Å². The standard InChI is InChI=1S/C14H17ClN2O3/c1-20-12-4-2-10(15)8-9(12)6-7-16-14(19)11-3-5-13(18)17-11/h2,4,8,11H,3,5-7H2,1H3,(H,16,19)(H,17,18). The van der Waals surface area contributed by atoms with Gasteiger partial charge in [-0.25, -0.2) is 0 Å². The summed E-state index contributed by atoms with van der Waals surface area (Å²) in [6.07, 6.45) is 1.60. The summed E-state index contributed by atoms with van der Waals surface area (Å²) in [5.74, 6) is 0.538. The van der Waals surface area contributed by atoms with E-state index in [0.29, 0.717) is 30.8 Å². The molecule has 1 saturated heterocycles. The van der Waals surface area contributed by atoms with Gasteiger partial charge in [0.25, 0.3) is 0 Å². The number of rotatable bonds is 5. The van der Waals surface area contributed by atoms with E-state index in [4.69, 9.17) is 16.3 Å². The van der Waals surface area contributed by atoms with Gasteiger partial charge in [0.2, 0.25) is 11.8 Å². The minimum Gasteiger partial charge on any atom is -0.496 e. The van der Waals surface area contributed by atoms with Crippen molar-refractivity contribution < 1.29 is 14.3 Å². The lowest BCUT2D eigenvalue weighted by molar-refractivity contribution is -0.125. The molecule has 6 heteroatoms. The number of methoxy groups -OCH3 is 1. The molecule has 0 saturated carbocycles. The summed E-state index contributed by atoms with van der Waals surface area (Å²) < 4.78 is 5.24. The Labute approximate surface area is 122 Å². The van der Waals surface area contributed by atoms with Gasteiger partial charge >= 0.3 is 0 Å². The maximum Gasteiger partial charge on any atom is 0.242 e. The van der Waals surface area contributed by atoms with Crippen LogP contribution in [0.4, 0.5) is 0 Å². The molecule has 0 radical (unpaired) electrons. The Kier molecular flexibility index (Phi) is 4.84. The lowest BCUT2D eigenvalue weighted by Gasteiger charge is -2.12. The third-order valence-electron chi connectivity index (χ3n) is 3.25. The van der Waals surface area contributed by atoms with Crippen molar-refractivity contribution in [2.24, 2.45) is 0 Å². The van der Waals surface area contributed by atoms with Gasteiger partial charge in [0, 0.05) is 18.0 Å². The highest BCUT2D eigenvalue weighted by Gasteiger charge is 2.26. The first-order valence-corrected chi connectivity index (χ1v) is 6.87. The molecule has 1 fully saturated rings. The molecule has 0 bridgehead atoms. The average Bonchev–Trinajstić information content (AvgIpc) is 2.86. The van der Waals surface area contributed by atoms with E-state index < -0.39 is 6.04 Å². The van der Waals surface area contributed by atoms with Crippen molar-refractivity contribution in [1.29, 1.82) is 0 Å². The molecule has 0 aromatic heterocycles. The van der Waals surface area contributed by atoms with Crippen molar-refractivity contribution in [2.75, 3.05) is 13.7 Å². The molecule has 2 rings (SSSR count). The molecule has 20 heavy (non-hydrogen) atoms. The van der Waals surface area contributed by atoms with E-state index in [1.807, 2.05) is 6.07 Å². The third kappa shape index (κ3) is 3.63. The van der Waals surface area contributed by atoms with Crippen molar-refractivity contribution in [3.05, 3.63) is 28.8 Å². The molecule has 1 aliphatic heterocycles. The van der Waals surface area contributed by atoms with Gasteiger partial charge < -0.3 is 15.4 Å². The Morgan fingerprint density at radius 1 is 1.55 bits per heavy atom. The molecule has 1 unspecified atom stereocenters. The molecule has 108 valence electrons. The molecular weight excluding hydrogens is 280 g/mol. The van der Waals surface area contributed by atoms with Crippen molar-refractivity contribution in [1.82, 2.24) is 10.6 Å². The smallest absolute Gasteiger partial charge is 0.242 e. The van der Waals surface area contributed by atoms with Crippen molar-refractivity contribution in [3.8, 4) is 5.75 Å². The van der Waals surface area contributed by atoms with Crippen LogP contribution in [0.1, 0.15) is 18.4 Å². The third-order valence-corrected chi connectivity index (χ3v) is 3.48. The number of carbonyl (C=O) groups excluding carboxylic acids is 2. The Hall–Kier alpha value is -1.75. The first kappa shape index (κ1) is 14.7. The fourth-order valence-electron chi connectivity index (χ4n) is 2.20. The fourth-order valence-corrected chi connectivity index (χ4v) is 2.39. The summed E-state index contributed by atoms with van der Waals surface area (Å²) in [6.45, 7) is 0.474. The minimum absolute atomic E-state index is 0.0679. The summed E-state index contributed by atoms with van der Waals surface area (Å²) in [5.41, 5.74) is 0.941. The lowest BCUT2D eigenvalue weighted by atomic mass is 10.1. The molecule has 1 aromatic rings. The highest BCUT2D eigenvalue weighted by atomic mass is 35.5. The predicted molar refractivity (Wildman–Crippen MR) is 75.9 cm³/mol. The van der Waals surface area contributed by atoms with Gasteiger partial charge in [0.1, 0.15) is 11.8 Å². The van der Waals surface area contributed by atoms with E-state index in [2.05, 4.69) is 10.6 Å². The number of halogens is 1. The summed E-state index contributed by atoms with van der Waals surface area (Å²) >= 11 is 5.94. The van der Waals surface area contributed by atoms with Gasteiger partial charge in [-0.2, -0.15) is 0 Å². The fraction of sp³-hybridized carbons (Fsp3) is 0.429. The Bertz CT molecular complexity index is 519. The number of hydrogen-bond acceptors (Lipinski definition) is 3. The molecule has 1 atom stereocenters. The number of ether oxygens (including phenoxy) is 1. The SMILES string of the molecule is COc1ccc(Cl)cc1CCNC(=O)C1CCC(=O)N1. The molecule has 2 N–H and O–H groups in total. The van der Waals surface area contributed by atoms with Crippen LogP contribution in [0.15, 0.2) is 18.2 Å². The Balaban J connectivity index is 1.85. The van der Waals surface area contributed by atoms with Gasteiger partial charge in [-0.15, -0.1) is 0 Å². The van der Waals surface area contributed by atoms with Crippen molar-refractivity contribution in [2.45, 2.75) is 25.3 Å². The first-order valence-electron chi connectivity index (χ1n) is 6.49. The highest BCUT2D eigenvalue weighted by Crippen LogP contribution is 2.22. The molecule has 1 heterocycles. The number of hydrogen-bond donors (Lipinski definition) is 2. The second-order valence-electron chi connectivity index (χ2n) is 4.66. The van der Waals surface area contributed by atoms with Gasteiger partial charge in [-0.1, -0.05) is 11.6 Å². The maximum atomic E-state index is 11.8. The van der Waals surface area contributed by atoms with Crippen LogP contribution in [0.3, 0.4) is 0 Å². The van der Waals surface area contributed by atoms with E-state index in [0.717, 1.165) is 11.3 Å². The first-order chi connectivity index (χ1) is 9.60. The zero-order valence-corrected chi connectivity index (χ0v) is 12.0. The highest BCUT2D eigenvalue weighted by molar-refractivity contribution is 6.30. The van der Waals surface area contributed by atoms with Crippen LogP contribution in [-0.2, 0) is 16.0 Å². The minimum atomic E-state index is -0.399. The normalized spacial score (nSPS) is 17.7. The molecule has 0 spiro atoms. The number of nitrogens with one attached hydrogen (secondary N) is 2. The summed E-state index contributed by atoms with van der Waals surface area (Å²) in [4.78, 5) is 22.9. The van der Waals surface area contributed by atoms with Crippen LogP contribution in [0.5, 0.6) is 5.75 Å². The molecule has 2 amide bonds. The zero-order valence-electron chi connectivity index (χ0n) is 11.2. The second kappa shape index (κ2) is 6.61. The molecular formula is C14H17ClN2O3. The topological polar surface area (TPSA) is 67.4 Å². The summed E-state index contributed by atoms with van der Waals surface area (Å²) in [7, 11) is 1.60. The van der Waals surface area contributed by atoms with E-state index in [1.54, 1.807) is 19.2 Å². The number of carbonyl (C=O) groups is 2. The maximum absolute atomic E-state index is 11.8. The van der Waals surface area contributed by atoms with Crippen molar-refractivity contribution in [3.63, 3.8) is 0 Å². The zero-order chi connectivity index (χ0) is 14.5. The van der Waals surface area contributed by atoms with E-state index >= 15 is 0 Å². The van der Waals surface area contributed by atoms with Crippen LogP contribution in [0, 0.1) is 0 Å². The molecule has 5 nitrogen and oxygen atoms in total. The quantitative estimate of drug-likeness (QED) is 0.860. The van der Waals surface area contributed by atoms with Gasteiger partial charge in [-0.05, 0) is 36.6 Å². The summed E-state index contributed by atoms with van der Waals surface area (Å²) in [6, 6.07) is 4.99. The number of benzene rings is 1. The van der Waals surface area contributed by atoms with Gasteiger partial charge in [0.15, 0.2) is 0 Å². The largest absolute Gasteiger partial charge is 0.496 e. The van der Waals surface area contributed by atoms with Gasteiger partial charge in [-0.3, -0.25) is 9.59 Å². The van der Waals surface area contributed by atoms with Crippen molar-refractivity contribution >= 4 is 23.4 Å². The molecule has 1 aromatic carbocycles. The predicted octanol–water partition coefficient (Wildman–Crippen LogP) is 1.29. The number of amides is 2.